The Hall–Kier alpha value is -4.19. The number of rotatable bonds is 4. The van der Waals surface area contributed by atoms with Crippen molar-refractivity contribution in [2.45, 2.75) is 43.8 Å². The van der Waals surface area contributed by atoms with Gasteiger partial charge in [-0.15, -0.1) is 0 Å². The van der Waals surface area contributed by atoms with Crippen LogP contribution in [0.15, 0.2) is 48.8 Å². The lowest BCUT2D eigenvalue weighted by molar-refractivity contribution is -0.137. The molecular formula is C27H23ClF3N7O2. The van der Waals surface area contributed by atoms with Gasteiger partial charge in [-0.1, -0.05) is 23.7 Å². The number of nitrogens with zero attached hydrogens (tertiary/aromatic N) is 5. The first-order valence-corrected chi connectivity index (χ1v) is 13.0. The van der Waals surface area contributed by atoms with Crippen LogP contribution in [0.1, 0.15) is 53.3 Å². The Morgan fingerprint density at radius 3 is 2.62 bits per heavy atom. The molecule has 206 valence electrons. The number of hydrogen-bond acceptors (Lipinski definition) is 6. The Kier molecular flexibility index (Phi) is 6.37. The number of aromatic nitrogens is 4. The molecule has 2 atom stereocenters. The predicted octanol–water partition coefficient (Wildman–Crippen LogP) is 5.17. The van der Waals surface area contributed by atoms with Gasteiger partial charge in [-0.2, -0.15) is 13.2 Å². The number of benzene rings is 1. The molecule has 2 aliphatic rings. The largest absolute Gasteiger partial charge is 0.416 e. The average Bonchev–Trinajstić information content (AvgIpc) is 3.52. The number of amides is 2. The van der Waals surface area contributed by atoms with Crippen molar-refractivity contribution in [2.75, 3.05) is 17.6 Å². The monoisotopic (exact) mass is 569 g/mol. The zero-order valence-electron chi connectivity index (χ0n) is 21.0. The van der Waals surface area contributed by atoms with E-state index in [0.29, 0.717) is 40.7 Å². The molecular weight excluding hydrogens is 547 g/mol. The molecule has 0 aliphatic carbocycles. The minimum atomic E-state index is -4.56. The number of nitrogens with two attached hydrogens (primary N) is 1. The number of piperidine rings is 1. The average molecular weight is 570 g/mol. The van der Waals surface area contributed by atoms with E-state index in [0.717, 1.165) is 37.6 Å². The van der Waals surface area contributed by atoms with Crippen LogP contribution in [0.5, 0.6) is 0 Å². The number of alkyl halides is 3. The van der Waals surface area contributed by atoms with Crippen LogP contribution in [0.3, 0.4) is 0 Å². The SMILES string of the molecule is Nc1ncc(Cl)n2c(C3CCC4CCC(=O)N4C3)nc(-c3ccc(C(=O)Nc4cc(C(F)(F)F)ccn4)cc3)c12. The number of fused-ring (bicyclic) bond motifs is 2. The lowest BCUT2D eigenvalue weighted by Gasteiger charge is -2.34. The third-order valence-electron chi connectivity index (χ3n) is 7.50. The molecule has 13 heteroatoms. The smallest absolute Gasteiger partial charge is 0.382 e. The number of imidazole rings is 1. The van der Waals surface area contributed by atoms with E-state index in [1.54, 1.807) is 16.5 Å². The summed E-state index contributed by atoms with van der Waals surface area (Å²) in [5.74, 6) is 0.167. The maximum Gasteiger partial charge on any atom is 0.416 e. The van der Waals surface area contributed by atoms with Crippen molar-refractivity contribution >= 4 is 40.6 Å². The number of carbonyl (C=O) groups is 2. The quantitative estimate of drug-likeness (QED) is 0.350. The second-order valence-corrected chi connectivity index (χ2v) is 10.3. The Bertz CT molecular complexity index is 1640. The van der Waals surface area contributed by atoms with Gasteiger partial charge in [0.05, 0.1) is 11.8 Å². The molecule has 0 saturated carbocycles. The molecule has 5 heterocycles. The molecule has 40 heavy (non-hydrogen) atoms. The van der Waals surface area contributed by atoms with Crippen molar-refractivity contribution < 1.29 is 22.8 Å². The molecule has 2 amide bonds. The molecule has 0 radical (unpaired) electrons. The third kappa shape index (κ3) is 4.61. The molecule has 3 N–H and O–H groups in total. The van der Waals surface area contributed by atoms with Crippen molar-refractivity contribution in [1.82, 2.24) is 24.3 Å². The summed E-state index contributed by atoms with van der Waals surface area (Å²) in [6.45, 7) is 0.545. The zero-order valence-corrected chi connectivity index (χ0v) is 21.7. The normalized spacial score (nSPS) is 19.2. The van der Waals surface area contributed by atoms with E-state index in [-0.39, 0.29) is 35.1 Å². The molecule has 1 aromatic carbocycles. The molecule has 4 aromatic rings. The number of nitrogens with one attached hydrogen (secondary N) is 1. The fraction of sp³-hybridized carbons (Fsp3) is 0.296. The number of anilines is 2. The fourth-order valence-corrected chi connectivity index (χ4v) is 5.75. The van der Waals surface area contributed by atoms with Crippen molar-refractivity contribution in [1.29, 1.82) is 0 Å². The third-order valence-corrected chi connectivity index (χ3v) is 7.77. The molecule has 9 nitrogen and oxygen atoms in total. The molecule has 3 aromatic heterocycles. The lowest BCUT2D eigenvalue weighted by atomic mass is 9.92. The van der Waals surface area contributed by atoms with Crippen LogP contribution < -0.4 is 11.1 Å². The second-order valence-electron chi connectivity index (χ2n) is 9.94. The van der Waals surface area contributed by atoms with E-state index in [2.05, 4.69) is 15.3 Å². The standard InChI is InChI=1S/C27H23ClF3N7O2/c28-19-12-34-24(32)23-22(36-25(38(19)23)16-5-6-18-7-8-21(39)37(18)13-16)14-1-3-15(4-2-14)26(40)35-20-11-17(9-10-33-20)27(29,30)31/h1-4,9-12,16,18H,5-8,13H2,(H2,32,34)(H,33,35,40). The molecule has 6 rings (SSSR count). The van der Waals surface area contributed by atoms with Crippen LogP contribution in [0.2, 0.25) is 5.15 Å². The van der Waals surface area contributed by atoms with E-state index < -0.39 is 17.6 Å². The van der Waals surface area contributed by atoms with Gasteiger partial charge < -0.3 is 16.0 Å². The Morgan fingerprint density at radius 2 is 1.88 bits per heavy atom. The number of pyridine rings is 1. The second kappa shape index (κ2) is 9.77. The van der Waals surface area contributed by atoms with Crippen molar-refractivity contribution in [3.63, 3.8) is 0 Å². The summed E-state index contributed by atoms with van der Waals surface area (Å²) >= 11 is 6.57. The first-order valence-electron chi connectivity index (χ1n) is 12.7. The fourth-order valence-electron chi connectivity index (χ4n) is 5.53. The van der Waals surface area contributed by atoms with Gasteiger partial charge in [0.1, 0.15) is 33.8 Å². The van der Waals surface area contributed by atoms with Crippen LogP contribution >= 0.6 is 11.6 Å². The van der Waals surface area contributed by atoms with Gasteiger partial charge in [-0.25, -0.2) is 15.0 Å². The van der Waals surface area contributed by atoms with Crippen molar-refractivity contribution in [3.05, 3.63) is 70.9 Å². The Labute approximate surface area is 231 Å². The summed E-state index contributed by atoms with van der Waals surface area (Å²) < 4.78 is 40.8. The van der Waals surface area contributed by atoms with Gasteiger partial charge >= 0.3 is 6.18 Å². The topological polar surface area (TPSA) is 119 Å². The highest BCUT2D eigenvalue weighted by Crippen LogP contribution is 2.39. The van der Waals surface area contributed by atoms with Gasteiger partial charge in [-0.3, -0.25) is 14.0 Å². The van der Waals surface area contributed by atoms with Crippen LogP contribution in [-0.2, 0) is 11.0 Å². The zero-order chi connectivity index (χ0) is 28.2. The van der Waals surface area contributed by atoms with E-state index >= 15 is 0 Å². The van der Waals surface area contributed by atoms with Crippen LogP contribution in [0.4, 0.5) is 24.8 Å². The lowest BCUT2D eigenvalue weighted by Crippen LogP contribution is -2.41. The summed E-state index contributed by atoms with van der Waals surface area (Å²) in [6, 6.07) is 8.27. The Balaban J connectivity index is 1.31. The summed E-state index contributed by atoms with van der Waals surface area (Å²) in [7, 11) is 0. The molecule has 0 bridgehead atoms. The summed E-state index contributed by atoms with van der Waals surface area (Å²) in [4.78, 5) is 40.0. The van der Waals surface area contributed by atoms with E-state index in [1.807, 2.05) is 4.90 Å². The minimum absolute atomic E-state index is 0.0520. The summed E-state index contributed by atoms with van der Waals surface area (Å²) in [5.41, 5.74) is 7.24. The summed E-state index contributed by atoms with van der Waals surface area (Å²) in [5, 5.41) is 2.73. The molecule has 2 aliphatic heterocycles. The van der Waals surface area contributed by atoms with E-state index in [1.165, 1.54) is 18.3 Å². The van der Waals surface area contributed by atoms with Crippen LogP contribution in [0, 0.1) is 0 Å². The molecule has 2 saturated heterocycles. The predicted molar refractivity (Wildman–Crippen MR) is 142 cm³/mol. The molecule has 2 fully saturated rings. The first kappa shape index (κ1) is 26.1. The highest BCUT2D eigenvalue weighted by atomic mass is 35.5. The number of nitrogen functional groups attached to an aromatic ring is 1. The number of halogens is 4. The highest BCUT2D eigenvalue weighted by Gasteiger charge is 2.38. The number of hydrogen-bond donors (Lipinski definition) is 2. The van der Waals surface area contributed by atoms with Gasteiger partial charge in [0.25, 0.3) is 5.91 Å². The highest BCUT2D eigenvalue weighted by molar-refractivity contribution is 6.30. The van der Waals surface area contributed by atoms with Crippen LogP contribution in [0.25, 0.3) is 16.8 Å². The minimum Gasteiger partial charge on any atom is -0.382 e. The Morgan fingerprint density at radius 1 is 1.10 bits per heavy atom. The number of carbonyl (C=O) groups excluding carboxylic acids is 2. The van der Waals surface area contributed by atoms with Crippen molar-refractivity contribution in [3.8, 4) is 11.3 Å². The van der Waals surface area contributed by atoms with Gasteiger partial charge in [0, 0.05) is 42.2 Å². The first-order chi connectivity index (χ1) is 19.1. The van der Waals surface area contributed by atoms with Gasteiger partial charge in [0.15, 0.2) is 0 Å². The summed E-state index contributed by atoms with van der Waals surface area (Å²) in [6.07, 6.45) is 1.04. The van der Waals surface area contributed by atoms with Gasteiger partial charge in [0.2, 0.25) is 5.91 Å². The van der Waals surface area contributed by atoms with E-state index in [9.17, 15) is 22.8 Å². The van der Waals surface area contributed by atoms with Crippen LogP contribution in [-0.4, -0.2) is 48.7 Å². The van der Waals surface area contributed by atoms with Gasteiger partial charge in [-0.05, 0) is 43.5 Å². The molecule has 0 spiro atoms. The van der Waals surface area contributed by atoms with Crippen molar-refractivity contribution in [2.24, 2.45) is 0 Å². The molecule has 2 unspecified atom stereocenters. The van der Waals surface area contributed by atoms with E-state index in [4.69, 9.17) is 22.3 Å². The maximum absolute atomic E-state index is 13.0. The maximum atomic E-state index is 13.0.